The molecule has 2 aromatic heterocycles. The van der Waals surface area contributed by atoms with Gasteiger partial charge >= 0.3 is 6.03 Å². The molecule has 3 aromatic rings. The molecule has 27 heavy (non-hydrogen) atoms. The Bertz CT molecular complexity index is 980. The number of hydrogen-bond donors (Lipinski definition) is 2. The molecule has 0 spiro atoms. The summed E-state index contributed by atoms with van der Waals surface area (Å²) in [4.78, 5) is 18.3. The molecule has 1 aromatic carbocycles. The van der Waals surface area contributed by atoms with Crippen LogP contribution in [0.3, 0.4) is 0 Å². The minimum atomic E-state index is -1.16. The Balaban J connectivity index is 1.41. The van der Waals surface area contributed by atoms with Gasteiger partial charge in [-0.2, -0.15) is 5.10 Å². The monoisotopic (exact) mass is 367 g/mol. The van der Waals surface area contributed by atoms with Crippen molar-refractivity contribution < 1.29 is 14.3 Å². The van der Waals surface area contributed by atoms with Crippen molar-refractivity contribution in [1.29, 1.82) is 0 Å². The van der Waals surface area contributed by atoms with E-state index >= 15 is 0 Å². The molecule has 7 nitrogen and oxygen atoms in total. The molecular formula is C19H18FN5O2. The molecule has 1 fully saturated rings. The first-order valence-corrected chi connectivity index (χ1v) is 8.43. The van der Waals surface area contributed by atoms with E-state index in [4.69, 9.17) is 0 Å². The number of hydrogen-bond acceptors (Lipinski definition) is 4. The highest BCUT2D eigenvalue weighted by molar-refractivity contribution is 5.89. The number of likely N-dealkylation sites (tertiary alicyclic amines) is 1. The van der Waals surface area contributed by atoms with Crippen LogP contribution in [0.15, 0.2) is 54.9 Å². The number of carbonyl (C=O) groups excluding carboxylic acids is 1. The standard InChI is InChI=1S/C19H18FN5O2/c1-24-10-13(9-21-24)16-3-2-4-17(22-16)23-18(26)25-11-19(27,12-25)14-5-7-15(20)8-6-14/h2-10,27H,11-12H2,1H3,(H,22,23,26). The van der Waals surface area contributed by atoms with Gasteiger partial charge < -0.3 is 10.0 Å². The summed E-state index contributed by atoms with van der Waals surface area (Å²) in [5.41, 5.74) is 0.982. The summed E-state index contributed by atoms with van der Waals surface area (Å²) in [6, 6.07) is 10.6. The summed E-state index contributed by atoms with van der Waals surface area (Å²) < 4.78 is 14.7. The Morgan fingerprint density at radius 1 is 1.22 bits per heavy atom. The Labute approximate surface area is 155 Å². The van der Waals surface area contributed by atoms with Crippen molar-refractivity contribution in [2.45, 2.75) is 5.60 Å². The van der Waals surface area contributed by atoms with Crippen LogP contribution in [0.5, 0.6) is 0 Å². The van der Waals surface area contributed by atoms with E-state index in [1.165, 1.54) is 29.2 Å². The van der Waals surface area contributed by atoms with Gasteiger partial charge in [-0.25, -0.2) is 14.2 Å². The topological polar surface area (TPSA) is 83.3 Å². The molecule has 138 valence electrons. The lowest BCUT2D eigenvalue weighted by Gasteiger charge is -2.46. The van der Waals surface area contributed by atoms with E-state index in [9.17, 15) is 14.3 Å². The van der Waals surface area contributed by atoms with E-state index < -0.39 is 5.60 Å². The van der Waals surface area contributed by atoms with Crippen LogP contribution in [-0.2, 0) is 12.6 Å². The summed E-state index contributed by atoms with van der Waals surface area (Å²) in [6.07, 6.45) is 3.54. The van der Waals surface area contributed by atoms with Crippen molar-refractivity contribution in [2.24, 2.45) is 7.05 Å². The average molecular weight is 367 g/mol. The van der Waals surface area contributed by atoms with Crippen LogP contribution in [0, 0.1) is 5.82 Å². The highest BCUT2D eigenvalue weighted by Gasteiger charge is 2.45. The fourth-order valence-electron chi connectivity index (χ4n) is 3.08. The zero-order chi connectivity index (χ0) is 19.0. The van der Waals surface area contributed by atoms with Crippen LogP contribution < -0.4 is 5.32 Å². The van der Waals surface area contributed by atoms with Crippen LogP contribution >= 0.6 is 0 Å². The van der Waals surface area contributed by atoms with Gasteiger partial charge in [-0.15, -0.1) is 0 Å². The molecule has 3 heterocycles. The quantitative estimate of drug-likeness (QED) is 0.744. The molecule has 0 radical (unpaired) electrons. The summed E-state index contributed by atoms with van der Waals surface area (Å²) in [5.74, 6) is 0.0504. The molecule has 0 bridgehead atoms. The van der Waals surface area contributed by atoms with Crippen LogP contribution in [-0.4, -0.2) is 43.9 Å². The molecule has 2 N–H and O–H groups in total. The van der Waals surface area contributed by atoms with Gasteiger partial charge in [0.25, 0.3) is 0 Å². The van der Waals surface area contributed by atoms with Gasteiger partial charge in [0.2, 0.25) is 0 Å². The van der Waals surface area contributed by atoms with Gasteiger partial charge in [-0.3, -0.25) is 10.00 Å². The maximum Gasteiger partial charge on any atom is 0.323 e. The largest absolute Gasteiger partial charge is 0.381 e. The molecule has 8 heteroatoms. The third kappa shape index (κ3) is 3.39. The molecule has 0 aliphatic carbocycles. The van der Waals surface area contributed by atoms with Gasteiger partial charge in [-0.1, -0.05) is 18.2 Å². The first-order chi connectivity index (χ1) is 12.9. The fraction of sp³-hybridized carbons (Fsp3) is 0.211. The van der Waals surface area contributed by atoms with Gasteiger partial charge in [-0.05, 0) is 29.8 Å². The lowest BCUT2D eigenvalue weighted by Crippen LogP contribution is -2.62. The Morgan fingerprint density at radius 2 is 1.96 bits per heavy atom. The van der Waals surface area contributed by atoms with Crippen molar-refractivity contribution in [3.63, 3.8) is 0 Å². The van der Waals surface area contributed by atoms with Crippen LogP contribution in [0.4, 0.5) is 15.0 Å². The predicted molar refractivity (Wildman–Crippen MR) is 97.3 cm³/mol. The number of anilines is 1. The molecule has 1 aliphatic heterocycles. The number of urea groups is 1. The van der Waals surface area contributed by atoms with E-state index in [0.29, 0.717) is 17.1 Å². The van der Waals surface area contributed by atoms with Crippen molar-refractivity contribution in [3.05, 3.63) is 66.2 Å². The smallest absolute Gasteiger partial charge is 0.323 e. The van der Waals surface area contributed by atoms with Crippen molar-refractivity contribution in [1.82, 2.24) is 19.7 Å². The molecule has 0 saturated carbocycles. The number of benzene rings is 1. The Morgan fingerprint density at radius 3 is 2.63 bits per heavy atom. The molecule has 0 unspecified atom stereocenters. The number of aromatic nitrogens is 3. The Hall–Kier alpha value is -3.26. The molecular weight excluding hydrogens is 349 g/mol. The second-order valence-corrected chi connectivity index (χ2v) is 6.64. The molecule has 1 aliphatic rings. The second kappa shape index (κ2) is 6.48. The lowest BCUT2D eigenvalue weighted by atomic mass is 9.86. The van der Waals surface area contributed by atoms with Crippen molar-refractivity contribution in [3.8, 4) is 11.3 Å². The second-order valence-electron chi connectivity index (χ2n) is 6.64. The number of nitrogens with one attached hydrogen (secondary N) is 1. The van der Waals surface area contributed by atoms with Crippen LogP contribution in [0.25, 0.3) is 11.3 Å². The predicted octanol–water partition coefficient (Wildman–Crippen LogP) is 2.36. The number of β-amino-alcohol motifs (C(OH)–C–C–N with tert-alkyl or cyclic N) is 1. The minimum absolute atomic E-state index is 0.132. The SMILES string of the molecule is Cn1cc(-c2cccc(NC(=O)N3CC(O)(c4ccc(F)cc4)C3)n2)cn1. The number of carbonyl (C=O) groups is 1. The normalized spacial score (nSPS) is 15.3. The van der Waals surface area contributed by atoms with E-state index in [1.807, 2.05) is 19.3 Å². The average Bonchev–Trinajstić information content (AvgIpc) is 3.06. The van der Waals surface area contributed by atoms with E-state index in [1.54, 1.807) is 23.0 Å². The van der Waals surface area contributed by atoms with Gasteiger partial charge in [0.15, 0.2) is 0 Å². The van der Waals surface area contributed by atoms with Gasteiger partial charge in [0.05, 0.1) is 25.0 Å². The summed E-state index contributed by atoms with van der Waals surface area (Å²) in [7, 11) is 1.82. The summed E-state index contributed by atoms with van der Waals surface area (Å²) >= 11 is 0. The third-order valence-corrected chi connectivity index (χ3v) is 4.56. The highest BCUT2D eigenvalue weighted by atomic mass is 19.1. The zero-order valence-corrected chi connectivity index (χ0v) is 14.6. The number of halogens is 1. The van der Waals surface area contributed by atoms with E-state index in [2.05, 4.69) is 15.4 Å². The van der Waals surface area contributed by atoms with Crippen LogP contribution in [0.2, 0.25) is 0 Å². The van der Waals surface area contributed by atoms with Crippen molar-refractivity contribution in [2.75, 3.05) is 18.4 Å². The van der Waals surface area contributed by atoms with Crippen LogP contribution in [0.1, 0.15) is 5.56 Å². The zero-order valence-electron chi connectivity index (χ0n) is 14.6. The number of amides is 2. The molecule has 1 saturated heterocycles. The van der Waals surface area contributed by atoms with Gasteiger partial charge in [0, 0.05) is 18.8 Å². The number of rotatable bonds is 3. The third-order valence-electron chi connectivity index (χ3n) is 4.56. The number of pyridine rings is 1. The minimum Gasteiger partial charge on any atom is -0.381 e. The maximum atomic E-state index is 13.0. The fourth-order valence-corrected chi connectivity index (χ4v) is 3.08. The number of nitrogens with zero attached hydrogens (tertiary/aromatic N) is 4. The summed E-state index contributed by atoms with van der Waals surface area (Å²) in [6.45, 7) is 0.263. The first kappa shape index (κ1) is 17.2. The Kier molecular flexibility index (Phi) is 4.12. The summed E-state index contributed by atoms with van der Waals surface area (Å²) in [5, 5.41) is 17.4. The van der Waals surface area contributed by atoms with Crippen molar-refractivity contribution >= 4 is 11.8 Å². The van der Waals surface area contributed by atoms with Gasteiger partial charge in [0.1, 0.15) is 17.2 Å². The lowest BCUT2D eigenvalue weighted by molar-refractivity contribution is -0.0793. The number of aliphatic hydroxyl groups is 1. The molecule has 0 atom stereocenters. The van der Waals surface area contributed by atoms with E-state index in [-0.39, 0.29) is 24.9 Å². The maximum absolute atomic E-state index is 13.0. The first-order valence-electron chi connectivity index (χ1n) is 8.43. The number of aryl methyl sites for hydroxylation is 1. The highest BCUT2D eigenvalue weighted by Crippen LogP contribution is 2.32. The molecule has 4 rings (SSSR count). The molecule has 2 amide bonds. The van der Waals surface area contributed by atoms with E-state index in [0.717, 1.165) is 5.56 Å².